The van der Waals surface area contributed by atoms with E-state index in [1.54, 1.807) is 0 Å². The van der Waals surface area contributed by atoms with E-state index in [0.717, 1.165) is 130 Å². The molecule has 0 bridgehead atoms. The molecule has 0 unspecified atom stereocenters. The second-order valence-corrected chi connectivity index (χ2v) is 14.1. The van der Waals surface area contributed by atoms with Crippen molar-refractivity contribution in [1.29, 1.82) is 0 Å². The summed E-state index contributed by atoms with van der Waals surface area (Å²) in [4.78, 5) is 4.81. The molecule has 0 saturated carbocycles. The van der Waals surface area contributed by atoms with Crippen molar-refractivity contribution >= 4 is 76.8 Å². The molecule has 7 aromatic carbocycles. The Kier molecular flexibility index (Phi) is 6.82. The first kappa shape index (κ1) is 29.9. The summed E-state index contributed by atoms with van der Waals surface area (Å²) in [6.45, 7) is 6.62. The van der Waals surface area contributed by atoms with Crippen LogP contribution in [0.15, 0.2) is 130 Å². The summed E-state index contributed by atoms with van der Waals surface area (Å²) >= 11 is 0. The van der Waals surface area contributed by atoms with E-state index in [-0.39, 0.29) is 0 Å². The molecule has 4 heterocycles. The number of rotatable bonds is 4. The third-order valence-corrected chi connectivity index (χ3v) is 11.1. The van der Waals surface area contributed by atoms with E-state index in [1.165, 1.54) is 22.1 Å². The standard InChI is InChI=1S/C46H36N2O4/c1-3-7-29(8-4-1)41-42(30-9-5-2-6-10-30)46-44(38-26-32-12-14-36(48-17-21-50-22-18-48)24-34(32)28-40(38)52-46)43-37-25-31-11-13-35(47-15-19-49-20-16-47)23-33(31)27-39(37)51-45(41)43/h1-14,23-28H,15-22H2. The summed E-state index contributed by atoms with van der Waals surface area (Å²) in [7, 11) is 0. The SMILES string of the molecule is c1ccc(-c2c(-c3ccccc3)c3oc4cc5cc(N6CCOCC6)ccc5cc4c3c3c2oc2cc4cc(N5CCOCC5)ccc4cc23)cc1. The molecule has 0 N–H and O–H groups in total. The Labute approximate surface area is 300 Å². The van der Waals surface area contributed by atoms with Crippen LogP contribution in [0.2, 0.25) is 0 Å². The van der Waals surface area contributed by atoms with Gasteiger partial charge in [0.25, 0.3) is 0 Å². The number of anilines is 2. The first-order valence-electron chi connectivity index (χ1n) is 18.3. The third-order valence-electron chi connectivity index (χ3n) is 11.1. The lowest BCUT2D eigenvalue weighted by atomic mass is 9.89. The zero-order chi connectivity index (χ0) is 34.2. The molecule has 6 nitrogen and oxygen atoms in total. The van der Waals surface area contributed by atoms with Crippen LogP contribution in [0.3, 0.4) is 0 Å². The van der Waals surface area contributed by atoms with Crippen LogP contribution in [0.25, 0.3) is 87.7 Å². The van der Waals surface area contributed by atoms with Crippen molar-refractivity contribution in [3.8, 4) is 22.3 Å². The fraction of sp³-hybridized carbons (Fsp3) is 0.174. The highest BCUT2D eigenvalue weighted by atomic mass is 16.5. The first-order chi connectivity index (χ1) is 25.8. The van der Waals surface area contributed by atoms with Crippen LogP contribution in [-0.2, 0) is 9.47 Å². The van der Waals surface area contributed by atoms with Crippen molar-refractivity contribution < 1.29 is 18.3 Å². The molecule has 6 heteroatoms. The van der Waals surface area contributed by atoms with Crippen molar-refractivity contribution in [1.82, 2.24) is 0 Å². The second-order valence-electron chi connectivity index (χ2n) is 14.1. The van der Waals surface area contributed by atoms with E-state index in [4.69, 9.17) is 18.3 Å². The molecule has 9 aromatic rings. The minimum Gasteiger partial charge on any atom is -0.455 e. The average Bonchev–Trinajstić information content (AvgIpc) is 3.76. The van der Waals surface area contributed by atoms with E-state index >= 15 is 0 Å². The maximum absolute atomic E-state index is 7.10. The Bertz CT molecular complexity index is 2610. The fourth-order valence-corrected chi connectivity index (χ4v) is 8.53. The number of morpholine rings is 2. The fourth-order valence-electron chi connectivity index (χ4n) is 8.53. The highest BCUT2D eigenvalue weighted by Gasteiger charge is 2.27. The lowest BCUT2D eigenvalue weighted by Crippen LogP contribution is -2.36. The van der Waals surface area contributed by atoms with E-state index in [9.17, 15) is 0 Å². The third kappa shape index (κ3) is 4.71. The summed E-state index contributed by atoms with van der Waals surface area (Å²) < 4.78 is 25.5. The minimum absolute atomic E-state index is 0.756. The Hall–Kier alpha value is -5.82. The molecule has 2 fully saturated rings. The van der Waals surface area contributed by atoms with Gasteiger partial charge >= 0.3 is 0 Å². The summed E-state index contributed by atoms with van der Waals surface area (Å²) in [5.41, 5.74) is 10.2. The van der Waals surface area contributed by atoms with Gasteiger partial charge in [0.2, 0.25) is 0 Å². The van der Waals surface area contributed by atoms with Crippen LogP contribution in [-0.4, -0.2) is 52.6 Å². The van der Waals surface area contributed by atoms with Crippen molar-refractivity contribution in [3.05, 3.63) is 121 Å². The summed E-state index contributed by atoms with van der Waals surface area (Å²) in [5.74, 6) is 0. The van der Waals surface area contributed by atoms with Gasteiger partial charge in [0, 0.05) is 70.2 Å². The zero-order valence-electron chi connectivity index (χ0n) is 28.7. The Morgan fingerprint density at radius 2 is 0.827 bits per heavy atom. The second kappa shape index (κ2) is 11.9. The lowest BCUT2D eigenvalue weighted by molar-refractivity contribution is 0.122. The number of hydrogen-bond donors (Lipinski definition) is 0. The van der Waals surface area contributed by atoms with Crippen molar-refractivity contribution in [2.45, 2.75) is 0 Å². The maximum atomic E-state index is 7.10. The van der Waals surface area contributed by atoms with Gasteiger partial charge in [-0.2, -0.15) is 0 Å². The van der Waals surface area contributed by atoms with Crippen LogP contribution in [0.4, 0.5) is 11.4 Å². The predicted octanol–water partition coefficient (Wildman–Crippen LogP) is 10.8. The van der Waals surface area contributed by atoms with Crippen molar-refractivity contribution in [2.24, 2.45) is 0 Å². The quantitative estimate of drug-likeness (QED) is 0.184. The van der Waals surface area contributed by atoms with Gasteiger partial charge in [-0.15, -0.1) is 0 Å². The number of ether oxygens (including phenoxy) is 2. The van der Waals surface area contributed by atoms with E-state index in [1.807, 2.05) is 0 Å². The molecule has 2 aromatic heterocycles. The topological polar surface area (TPSA) is 51.2 Å². The highest BCUT2D eigenvalue weighted by Crippen LogP contribution is 2.51. The molecule has 0 aliphatic carbocycles. The van der Waals surface area contributed by atoms with Crippen LogP contribution in [0, 0.1) is 0 Å². The zero-order valence-corrected chi connectivity index (χ0v) is 28.7. The monoisotopic (exact) mass is 680 g/mol. The van der Waals surface area contributed by atoms with Gasteiger partial charge in [-0.3, -0.25) is 0 Å². The Morgan fingerprint density at radius 1 is 0.404 bits per heavy atom. The molecule has 2 aliphatic heterocycles. The van der Waals surface area contributed by atoms with Gasteiger partial charge in [-0.05, 0) is 81.2 Å². The molecule has 0 spiro atoms. The maximum Gasteiger partial charge on any atom is 0.144 e. The summed E-state index contributed by atoms with van der Waals surface area (Å²) in [6, 6.07) is 43.9. The minimum atomic E-state index is 0.756. The van der Waals surface area contributed by atoms with Gasteiger partial charge in [-0.25, -0.2) is 0 Å². The van der Waals surface area contributed by atoms with E-state index in [0.29, 0.717) is 0 Å². The number of nitrogens with zero attached hydrogens (tertiary/aromatic N) is 2. The molecule has 2 saturated heterocycles. The smallest absolute Gasteiger partial charge is 0.144 e. The highest BCUT2D eigenvalue weighted by molar-refractivity contribution is 6.33. The molecule has 0 amide bonds. The van der Waals surface area contributed by atoms with Gasteiger partial charge in [0.1, 0.15) is 22.3 Å². The molecular weight excluding hydrogens is 645 g/mol. The van der Waals surface area contributed by atoms with Gasteiger partial charge < -0.3 is 28.1 Å². The number of furan rings is 2. The Balaban J connectivity index is 1.24. The first-order valence-corrected chi connectivity index (χ1v) is 18.3. The Morgan fingerprint density at radius 3 is 1.25 bits per heavy atom. The number of benzene rings is 7. The van der Waals surface area contributed by atoms with Crippen molar-refractivity contribution in [2.75, 3.05) is 62.4 Å². The van der Waals surface area contributed by atoms with Crippen LogP contribution >= 0.6 is 0 Å². The van der Waals surface area contributed by atoms with E-state index < -0.39 is 0 Å². The molecule has 0 radical (unpaired) electrons. The van der Waals surface area contributed by atoms with E-state index in [2.05, 4.69) is 131 Å². The van der Waals surface area contributed by atoms with Crippen molar-refractivity contribution in [3.63, 3.8) is 0 Å². The van der Waals surface area contributed by atoms with Crippen LogP contribution in [0.1, 0.15) is 0 Å². The van der Waals surface area contributed by atoms with Gasteiger partial charge in [0.05, 0.1) is 26.4 Å². The summed E-state index contributed by atoms with van der Waals surface area (Å²) in [6.07, 6.45) is 0. The van der Waals surface area contributed by atoms with Gasteiger partial charge in [-0.1, -0.05) is 72.8 Å². The van der Waals surface area contributed by atoms with Crippen LogP contribution < -0.4 is 9.80 Å². The molecule has 11 rings (SSSR count). The normalized spacial score (nSPS) is 15.6. The average molecular weight is 681 g/mol. The molecule has 0 atom stereocenters. The summed E-state index contributed by atoms with van der Waals surface area (Å²) in [5, 5.41) is 9.05. The number of hydrogen-bond acceptors (Lipinski definition) is 6. The molecule has 2 aliphatic rings. The predicted molar refractivity (Wildman–Crippen MR) is 213 cm³/mol. The largest absolute Gasteiger partial charge is 0.455 e. The molecule has 254 valence electrons. The van der Waals surface area contributed by atoms with Crippen LogP contribution in [0.5, 0.6) is 0 Å². The number of fused-ring (bicyclic) bond motifs is 9. The lowest BCUT2D eigenvalue weighted by Gasteiger charge is -2.29. The molecule has 52 heavy (non-hydrogen) atoms. The molecular formula is C46H36N2O4. The van der Waals surface area contributed by atoms with Gasteiger partial charge in [0.15, 0.2) is 0 Å².